The molecule has 0 unspecified atom stereocenters. The van der Waals surface area contributed by atoms with Crippen LogP contribution in [0.5, 0.6) is 11.5 Å². The van der Waals surface area contributed by atoms with Crippen molar-refractivity contribution in [1.82, 2.24) is 0 Å². The van der Waals surface area contributed by atoms with Gasteiger partial charge in [-0.15, -0.1) is 0 Å². The first kappa shape index (κ1) is 43.5. The number of ether oxygens (including phenoxy) is 2. The lowest BCUT2D eigenvalue weighted by molar-refractivity contribution is 0.0733. The maximum absolute atomic E-state index is 12.9. The second-order valence-electron chi connectivity index (χ2n) is 15.1. The van der Waals surface area contributed by atoms with Crippen LogP contribution in [-0.2, 0) is 12.8 Å². The number of carbonyl (C=O) groups is 2. The van der Waals surface area contributed by atoms with E-state index in [1.165, 1.54) is 107 Å². The fraction of sp³-hybridized carbons (Fsp3) is 0.346. The van der Waals surface area contributed by atoms with Crippen molar-refractivity contribution in [3.63, 3.8) is 0 Å². The fourth-order valence-electron chi connectivity index (χ4n) is 6.71. The fourth-order valence-corrected chi connectivity index (χ4v) is 6.71. The molecule has 5 rings (SSSR count). The molecule has 0 aliphatic carbocycles. The molecule has 0 aromatic heterocycles. The van der Waals surface area contributed by atoms with Crippen molar-refractivity contribution >= 4 is 35.7 Å². The van der Waals surface area contributed by atoms with E-state index in [4.69, 9.17) is 9.47 Å². The van der Waals surface area contributed by atoms with Crippen molar-refractivity contribution in [3.05, 3.63) is 155 Å². The first-order chi connectivity index (χ1) is 28.5. The van der Waals surface area contributed by atoms with Gasteiger partial charge in [-0.3, -0.25) is 9.98 Å². The third-order valence-electron chi connectivity index (χ3n) is 10.3. The van der Waals surface area contributed by atoms with Gasteiger partial charge in [-0.1, -0.05) is 145 Å². The number of esters is 2. The van der Waals surface area contributed by atoms with Gasteiger partial charge in [0.25, 0.3) is 0 Å². The van der Waals surface area contributed by atoms with Crippen LogP contribution >= 0.6 is 0 Å². The highest BCUT2D eigenvalue weighted by molar-refractivity contribution is 5.93. The first-order valence-corrected chi connectivity index (χ1v) is 21.5. The summed E-state index contributed by atoms with van der Waals surface area (Å²) in [6.45, 7) is 4.51. The minimum absolute atomic E-state index is 0.272. The standard InChI is InChI=1S/C52H60N2O4/c1-3-5-7-9-11-13-15-18-41-26-34-47(35-27-41)53-39-43-22-30-45(31-23-43)51(55)57-49-20-17-21-50(38-49)58-52(56)46-32-24-44(25-33-46)40-54-48-36-28-42(29-37-48)19-16-14-12-10-8-6-4-2/h17,20-40H,3-16,18-19H2,1-2H3. The van der Waals surface area contributed by atoms with Crippen LogP contribution in [0.15, 0.2) is 131 Å². The van der Waals surface area contributed by atoms with E-state index in [1.807, 2.05) is 24.3 Å². The number of carbonyl (C=O) groups excluding carboxylic acids is 2. The van der Waals surface area contributed by atoms with Gasteiger partial charge in [-0.05, 0) is 109 Å². The van der Waals surface area contributed by atoms with Crippen molar-refractivity contribution in [2.45, 2.75) is 117 Å². The molecule has 58 heavy (non-hydrogen) atoms. The Hall–Kier alpha value is -5.62. The molecule has 6 nitrogen and oxygen atoms in total. The van der Waals surface area contributed by atoms with Crippen molar-refractivity contribution in [2.24, 2.45) is 9.98 Å². The number of rotatable bonds is 24. The van der Waals surface area contributed by atoms with Crippen LogP contribution in [0.2, 0.25) is 0 Å². The van der Waals surface area contributed by atoms with Gasteiger partial charge in [0.05, 0.1) is 22.5 Å². The van der Waals surface area contributed by atoms with Crippen LogP contribution < -0.4 is 9.47 Å². The van der Waals surface area contributed by atoms with Gasteiger partial charge in [0.2, 0.25) is 0 Å². The average molecular weight is 777 g/mol. The predicted octanol–water partition coefficient (Wildman–Crippen LogP) is 14.2. The van der Waals surface area contributed by atoms with Crippen LogP contribution in [0.1, 0.15) is 147 Å². The van der Waals surface area contributed by atoms with Gasteiger partial charge in [0.1, 0.15) is 11.5 Å². The molecular formula is C52H60N2O4. The smallest absolute Gasteiger partial charge is 0.343 e. The number of unbranched alkanes of at least 4 members (excludes halogenated alkanes) is 12. The second kappa shape index (κ2) is 24.9. The highest BCUT2D eigenvalue weighted by atomic mass is 16.5. The number of hydrogen-bond donors (Lipinski definition) is 0. The molecule has 0 N–H and O–H groups in total. The summed E-state index contributed by atoms with van der Waals surface area (Å²) in [6, 6.07) is 37.5. The van der Waals surface area contributed by atoms with Crippen LogP contribution in [0.25, 0.3) is 0 Å². The Balaban J connectivity index is 1.03. The van der Waals surface area contributed by atoms with E-state index in [1.54, 1.807) is 54.9 Å². The Bertz CT molecular complexity index is 1870. The molecule has 6 heteroatoms. The van der Waals surface area contributed by atoms with E-state index >= 15 is 0 Å². The monoisotopic (exact) mass is 776 g/mol. The largest absolute Gasteiger partial charge is 0.423 e. The molecular weight excluding hydrogens is 717 g/mol. The molecule has 0 saturated heterocycles. The quantitative estimate of drug-likeness (QED) is 0.0271. The Morgan fingerprint density at radius 2 is 0.810 bits per heavy atom. The van der Waals surface area contributed by atoms with Gasteiger partial charge in [0.15, 0.2) is 0 Å². The number of benzene rings is 5. The molecule has 0 spiro atoms. The number of aliphatic imine (C=N–C) groups is 2. The molecule has 302 valence electrons. The Labute approximate surface area is 346 Å². The summed E-state index contributed by atoms with van der Waals surface area (Å²) in [7, 11) is 0. The lowest BCUT2D eigenvalue weighted by atomic mass is 10.0. The van der Waals surface area contributed by atoms with E-state index in [-0.39, 0.29) is 11.5 Å². The Morgan fingerprint density at radius 3 is 1.19 bits per heavy atom. The molecule has 0 bridgehead atoms. The molecule has 0 amide bonds. The maximum Gasteiger partial charge on any atom is 0.343 e. The minimum Gasteiger partial charge on any atom is -0.423 e. The molecule has 5 aromatic carbocycles. The number of aryl methyl sites for hydroxylation is 2. The molecule has 0 aliphatic heterocycles. The average Bonchev–Trinajstić information content (AvgIpc) is 3.25. The molecule has 0 aliphatic rings. The van der Waals surface area contributed by atoms with E-state index in [2.05, 4.69) is 72.4 Å². The summed E-state index contributed by atoms with van der Waals surface area (Å²) >= 11 is 0. The third-order valence-corrected chi connectivity index (χ3v) is 10.3. The Kier molecular flexibility index (Phi) is 18.7. The highest BCUT2D eigenvalue weighted by Crippen LogP contribution is 2.23. The number of nitrogens with zero attached hydrogens (tertiary/aromatic N) is 2. The molecule has 0 saturated carbocycles. The highest BCUT2D eigenvalue weighted by Gasteiger charge is 2.12. The van der Waals surface area contributed by atoms with Crippen LogP contribution in [0.3, 0.4) is 0 Å². The van der Waals surface area contributed by atoms with Crippen molar-refractivity contribution in [2.75, 3.05) is 0 Å². The van der Waals surface area contributed by atoms with Crippen molar-refractivity contribution in [1.29, 1.82) is 0 Å². The summed E-state index contributed by atoms with van der Waals surface area (Å²) < 4.78 is 11.2. The van der Waals surface area contributed by atoms with Crippen molar-refractivity contribution < 1.29 is 19.1 Å². The third kappa shape index (κ3) is 15.7. The molecule has 0 radical (unpaired) electrons. The summed E-state index contributed by atoms with van der Waals surface area (Å²) in [4.78, 5) is 35.1. The summed E-state index contributed by atoms with van der Waals surface area (Å²) in [5, 5.41) is 0. The second-order valence-corrected chi connectivity index (χ2v) is 15.1. The van der Waals surface area contributed by atoms with Gasteiger partial charge in [-0.2, -0.15) is 0 Å². The van der Waals surface area contributed by atoms with Crippen LogP contribution in [0.4, 0.5) is 11.4 Å². The first-order valence-electron chi connectivity index (χ1n) is 21.5. The minimum atomic E-state index is -0.514. The van der Waals surface area contributed by atoms with Gasteiger partial charge < -0.3 is 9.47 Å². The zero-order valence-electron chi connectivity index (χ0n) is 34.5. The normalized spacial score (nSPS) is 11.3. The van der Waals surface area contributed by atoms with E-state index in [0.717, 1.165) is 35.3 Å². The summed E-state index contributed by atoms with van der Waals surface area (Å²) in [5.41, 5.74) is 7.00. The van der Waals surface area contributed by atoms with E-state index < -0.39 is 11.9 Å². The van der Waals surface area contributed by atoms with E-state index in [9.17, 15) is 9.59 Å². The summed E-state index contributed by atoms with van der Waals surface area (Å²) in [6.07, 6.45) is 24.2. The van der Waals surface area contributed by atoms with Crippen LogP contribution in [-0.4, -0.2) is 24.4 Å². The lowest BCUT2D eigenvalue weighted by Gasteiger charge is -2.08. The topological polar surface area (TPSA) is 77.3 Å². The van der Waals surface area contributed by atoms with Crippen LogP contribution in [0, 0.1) is 0 Å². The Morgan fingerprint density at radius 1 is 0.448 bits per heavy atom. The lowest BCUT2D eigenvalue weighted by Crippen LogP contribution is -2.10. The molecule has 0 heterocycles. The SMILES string of the molecule is CCCCCCCCCc1ccc(N=Cc2ccc(C(=O)Oc3cccc(OC(=O)c4ccc(C=Nc5ccc(CCCCCCCCC)cc5)cc4)c3)cc2)cc1. The zero-order valence-corrected chi connectivity index (χ0v) is 34.5. The van der Waals surface area contributed by atoms with Gasteiger partial charge in [-0.25, -0.2) is 9.59 Å². The zero-order chi connectivity index (χ0) is 40.6. The number of hydrogen-bond acceptors (Lipinski definition) is 6. The predicted molar refractivity (Wildman–Crippen MR) is 240 cm³/mol. The maximum atomic E-state index is 12.9. The van der Waals surface area contributed by atoms with E-state index in [0.29, 0.717) is 11.1 Å². The molecule has 5 aromatic rings. The van der Waals surface area contributed by atoms with Crippen molar-refractivity contribution in [3.8, 4) is 11.5 Å². The molecule has 0 atom stereocenters. The van der Waals surface area contributed by atoms with Gasteiger partial charge >= 0.3 is 11.9 Å². The summed E-state index contributed by atoms with van der Waals surface area (Å²) in [5.74, 6) is -0.483. The van der Waals surface area contributed by atoms with Gasteiger partial charge in [0, 0.05) is 18.5 Å². The molecule has 0 fully saturated rings.